The Bertz CT molecular complexity index is 1760. The summed E-state index contributed by atoms with van der Waals surface area (Å²) < 4.78 is 41.4. The summed E-state index contributed by atoms with van der Waals surface area (Å²) in [5, 5.41) is 12.7. The van der Waals surface area contributed by atoms with E-state index in [0.29, 0.717) is 50.5 Å². The first-order valence-electron chi connectivity index (χ1n) is 13.1. The van der Waals surface area contributed by atoms with E-state index in [4.69, 9.17) is 33.3 Å². The van der Waals surface area contributed by atoms with Crippen LogP contribution in [0.3, 0.4) is 0 Å². The highest BCUT2D eigenvalue weighted by molar-refractivity contribution is 6.39. The van der Waals surface area contributed by atoms with E-state index in [1.807, 2.05) is 59.3 Å². The molecule has 0 saturated heterocycles. The summed E-state index contributed by atoms with van der Waals surface area (Å²) >= 11 is 12.9. The van der Waals surface area contributed by atoms with Crippen LogP contribution >= 0.6 is 23.2 Å². The molecule has 10 heteroatoms. The summed E-state index contributed by atoms with van der Waals surface area (Å²) in [6.07, 6.45) is 1.16. The fourth-order valence-electron chi connectivity index (χ4n) is 4.49. The summed E-state index contributed by atoms with van der Waals surface area (Å²) in [5.41, 5.74) is 4.13. The molecule has 0 spiro atoms. The summed E-state index contributed by atoms with van der Waals surface area (Å²) in [6.45, 7) is 0.279. The molecule has 4 aromatic carbocycles. The summed E-state index contributed by atoms with van der Waals surface area (Å²) in [4.78, 5) is 15.6. The van der Waals surface area contributed by atoms with E-state index in [1.54, 1.807) is 36.4 Å². The van der Waals surface area contributed by atoms with Crippen molar-refractivity contribution in [1.29, 1.82) is 0 Å². The van der Waals surface area contributed by atoms with Gasteiger partial charge in [0.25, 0.3) is 0 Å². The van der Waals surface area contributed by atoms with Crippen LogP contribution < -0.4 is 5.32 Å². The second-order valence-electron chi connectivity index (χ2n) is 9.69. The monoisotopic (exact) mass is 621 g/mol. The van der Waals surface area contributed by atoms with E-state index in [9.17, 15) is 18.0 Å². The Balaban J connectivity index is 1.42. The summed E-state index contributed by atoms with van der Waals surface area (Å²) in [5.74, 6) is -0.323. The lowest BCUT2D eigenvalue weighted by molar-refractivity contribution is -0.137. The number of imidazole rings is 1. The average molecular weight is 622 g/mol. The van der Waals surface area contributed by atoms with E-state index in [2.05, 4.69) is 5.32 Å². The molecule has 218 valence electrons. The Morgan fingerprint density at radius 2 is 1.56 bits per heavy atom. The highest BCUT2D eigenvalue weighted by Crippen LogP contribution is 2.35. The minimum absolute atomic E-state index is 0.182. The van der Waals surface area contributed by atoms with Gasteiger partial charge in [-0.05, 0) is 64.7 Å². The van der Waals surface area contributed by atoms with Crippen LogP contribution in [0.25, 0.3) is 34.5 Å². The molecule has 0 aliphatic carbocycles. The van der Waals surface area contributed by atoms with Gasteiger partial charge in [-0.25, -0.2) is 4.98 Å². The number of carboxylic acids is 1. The third kappa shape index (κ3) is 7.46. The molecule has 0 aliphatic heterocycles. The van der Waals surface area contributed by atoms with Crippen molar-refractivity contribution in [1.82, 2.24) is 9.55 Å². The van der Waals surface area contributed by atoms with Crippen LogP contribution in [0, 0.1) is 0 Å². The van der Waals surface area contributed by atoms with Crippen LogP contribution in [0.4, 0.5) is 18.9 Å². The third-order valence-corrected chi connectivity index (χ3v) is 7.27. The number of carbonyl (C=O) groups is 1. The van der Waals surface area contributed by atoms with Crippen molar-refractivity contribution in [3.63, 3.8) is 0 Å². The van der Waals surface area contributed by atoms with Gasteiger partial charge in [-0.1, -0.05) is 83.9 Å². The molecule has 5 aromatic rings. The fraction of sp³-hybridized carbons (Fsp3) is 0.0909. The smallest absolute Gasteiger partial charge is 0.416 e. The van der Waals surface area contributed by atoms with Crippen molar-refractivity contribution >= 4 is 47.0 Å². The zero-order valence-corrected chi connectivity index (χ0v) is 24.0. The average Bonchev–Trinajstić information content (AvgIpc) is 3.37. The van der Waals surface area contributed by atoms with Gasteiger partial charge in [-0.3, -0.25) is 4.79 Å². The molecule has 0 atom stereocenters. The lowest BCUT2D eigenvalue weighted by Crippen LogP contribution is -2.12. The molecule has 0 radical (unpaired) electrons. The zero-order chi connectivity index (χ0) is 30.6. The van der Waals surface area contributed by atoms with Crippen LogP contribution in [-0.4, -0.2) is 27.2 Å². The van der Waals surface area contributed by atoms with Crippen LogP contribution in [-0.2, 0) is 17.5 Å². The number of carboxylic acid groups (broad SMARTS) is 1. The van der Waals surface area contributed by atoms with Crippen LogP contribution in [0.2, 0.25) is 10.0 Å². The van der Waals surface area contributed by atoms with Crippen LogP contribution in [0.1, 0.15) is 22.5 Å². The SMILES string of the molecule is O=C(O)CNc1ccc(Cn2cc(-c3c(Cl)cccc3Cl)nc2C=Cc2ccc(-c3cccc(C(F)(F)F)c3)cc2)cc1. The molecule has 1 aromatic heterocycles. The zero-order valence-electron chi connectivity index (χ0n) is 22.4. The Hall–Kier alpha value is -4.53. The molecule has 0 fully saturated rings. The van der Waals surface area contributed by atoms with Gasteiger partial charge < -0.3 is 15.0 Å². The van der Waals surface area contributed by atoms with Gasteiger partial charge in [0.05, 0.1) is 21.3 Å². The van der Waals surface area contributed by atoms with Crippen LogP contribution in [0.5, 0.6) is 0 Å². The fourth-order valence-corrected chi connectivity index (χ4v) is 5.08. The van der Waals surface area contributed by atoms with Crippen molar-refractivity contribution in [2.75, 3.05) is 11.9 Å². The van der Waals surface area contributed by atoms with Crippen molar-refractivity contribution in [2.45, 2.75) is 12.7 Å². The number of aliphatic carboxylic acids is 1. The second-order valence-corrected chi connectivity index (χ2v) is 10.5. The lowest BCUT2D eigenvalue weighted by atomic mass is 10.0. The summed E-state index contributed by atoms with van der Waals surface area (Å²) in [6, 6.07) is 25.1. The number of hydrogen-bond donors (Lipinski definition) is 2. The number of rotatable bonds is 9. The maximum absolute atomic E-state index is 13.2. The number of nitrogens with one attached hydrogen (secondary N) is 1. The van der Waals surface area contributed by atoms with Crippen LogP contribution in [0.15, 0.2) is 97.2 Å². The normalized spacial score (nSPS) is 11.7. The van der Waals surface area contributed by atoms with E-state index in [-0.39, 0.29) is 6.54 Å². The van der Waals surface area contributed by atoms with Crippen molar-refractivity contribution in [3.05, 3.63) is 130 Å². The van der Waals surface area contributed by atoms with Gasteiger partial charge in [0, 0.05) is 24.0 Å². The first kappa shape index (κ1) is 29.9. The van der Waals surface area contributed by atoms with Crippen molar-refractivity contribution in [2.24, 2.45) is 0 Å². The molecule has 2 N–H and O–H groups in total. The number of nitrogens with zero attached hydrogens (tertiary/aromatic N) is 2. The molecule has 0 aliphatic rings. The Morgan fingerprint density at radius 3 is 2.21 bits per heavy atom. The van der Waals surface area contributed by atoms with Gasteiger partial charge in [0.15, 0.2) is 0 Å². The molecule has 5 rings (SSSR count). The van der Waals surface area contributed by atoms with Crippen molar-refractivity contribution < 1.29 is 23.1 Å². The quantitative estimate of drug-likeness (QED) is 0.172. The molecule has 43 heavy (non-hydrogen) atoms. The Kier molecular flexibility index (Phi) is 8.89. The lowest BCUT2D eigenvalue weighted by Gasteiger charge is -2.09. The predicted octanol–water partition coefficient (Wildman–Crippen LogP) is 9.26. The number of aromatic nitrogens is 2. The van der Waals surface area contributed by atoms with Crippen molar-refractivity contribution in [3.8, 4) is 22.4 Å². The number of alkyl halides is 3. The Labute approximate surface area is 255 Å². The molecule has 1 heterocycles. The topological polar surface area (TPSA) is 67.2 Å². The third-order valence-electron chi connectivity index (χ3n) is 6.64. The van der Waals surface area contributed by atoms with E-state index in [0.717, 1.165) is 23.3 Å². The minimum Gasteiger partial charge on any atom is -0.480 e. The van der Waals surface area contributed by atoms with Gasteiger partial charge >= 0.3 is 12.1 Å². The first-order valence-corrected chi connectivity index (χ1v) is 13.8. The molecule has 0 saturated carbocycles. The molecule has 0 bridgehead atoms. The summed E-state index contributed by atoms with van der Waals surface area (Å²) in [7, 11) is 0. The second kappa shape index (κ2) is 12.8. The molecular formula is C33H24Cl2F3N3O2. The van der Waals surface area contributed by atoms with E-state index < -0.39 is 17.7 Å². The van der Waals surface area contributed by atoms with E-state index >= 15 is 0 Å². The number of halogens is 5. The molecule has 0 unspecified atom stereocenters. The Morgan fingerprint density at radius 1 is 0.884 bits per heavy atom. The molecule has 0 amide bonds. The maximum Gasteiger partial charge on any atom is 0.416 e. The maximum atomic E-state index is 13.2. The van der Waals surface area contributed by atoms with Gasteiger partial charge in [0.1, 0.15) is 12.4 Å². The minimum atomic E-state index is -4.41. The predicted molar refractivity (Wildman–Crippen MR) is 165 cm³/mol. The standard InChI is InChI=1S/C33H24Cl2F3N3O2/c34-27-5-2-6-28(35)32(27)29-20-41(19-22-9-14-26(15-10-22)39-18-31(42)43)30(40-29)16-11-21-7-12-23(13-8-21)24-3-1-4-25(17-24)33(36,37)38/h1-17,20,39H,18-19H2,(H,42,43). The number of anilines is 1. The number of hydrogen-bond acceptors (Lipinski definition) is 3. The van der Waals surface area contributed by atoms with Gasteiger partial charge in [-0.15, -0.1) is 0 Å². The van der Waals surface area contributed by atoms with Gasteiger partial charge in [0.2, 0.25) is 0 Å². The largest absolute Gasteiger partial charge is 0.480 e. The molecular weight excluding hydrogens is 598 g/mol. The number of benzene rings is 4. The molecule has 5 nitrogen and oxygen atoms in total. The highest BCUT2D eigenvalue weighted by Gasteiger charge is 2.30. The van der Waals surface area contributed by atoms with Gasteiger partial charge in [-0.2, -0.15) is 13.2 Å². The highest BCUT2D eigenvalue weighted by atomic mass is 35.5. The first-order chi connectivity index (χ1) is 20.6. The van der Waals surface area contributed by atoms with E-state index in [1.165, 1.54) is 6.07 Å².